The van der Waals surface area contributed by atoms with Crippen LogP contribution in [-0.4, -0.2) is 36.5 Å². The van der Waals surface area contributed by atoms with Crippen LogP contribution < -0.4 is 5.73 Å². The van der Waals surface area contributed by atoms with E-state index >= 15 is 0 Å². The van der Waals surface area contributed by atoms with E-state index in [-0.39, 0.29) is 6.10 Å². The zero-order valence-corrected chi connectivity index (χ0v) is 12.3. The molecule has 0 aliphatic heterocycles. The van der Waals surface area contributed by atoms with Crippen molar-refractivity contribution in [1.82, 2.24) is 10.1 Å². The van der Waals surface area contributed by atoms with Gasteiger partial charge in [0, 0.05) is 20.3 Å². The molecule has 0 bridgehead atoms. The zero-order chi connectivity index (χ0) is 14.3. The first-order valence-electron chi connectivity index (χ1n) is 6.85. The summed E-state index contributed by atoms with van der Waals surface area (Å²) in [5.41, 5.74) is 5.13. The van der Waals surface area contributed by atoms with E-state index in [1.165, 1.54) is 0 Å². The largest absolute Gasteiger partial charge is 0.380 e. The number of rotatable bonds is 9. The van der Waals surface area contributed by atoms with E-state index in [9.17, 15) is 0 Å². The molecule has 0 fully saturated rings. The predicted octanol–water partition coefficient (Wildman–Crippen LogP) is 1.64. The van der Waals surface area contributed by atoms with Crippen LogP contribution >= 0.6 is 0 Å². The molecule has 0 saturated heterocycles. The maximum atomic E-state index is 5.84. The van der Waals surface area contributed by atoms with Gasteiger partial charge in [-0.2, -0.15) is 4.98 Å². The molecule has 1 unspecified atom stereocenters. The number of nitrogens with two attached hydrogens (primary N) is 1. The first-order valence-corrected chi connectivity index (χ1v) is 6.85. The van der Waals surface area contributed by atoms with Gasteiger partial charge in [-0.05, 0) is 19.8 Å². The van der Waals surface area contributed by atoms with Gasteiger partial charge in [-0.25, -0.2) is 0 Å². The molecule has 1 heterocycles. The first kappa shape index (κ1) is 16.1. The molecule has 1 aromatic heterocycles. The Morgan fingerprint density at radius 2 is 2.00 bits per heavy atom. The molecule has 110 valence electrons. The predicted molar refractivity (Wildman–Crippen MR) is 71.7 cm³/mol. The van der Waals surface area contributed by atoms with Crippen LogP contribution in [0, 0.1) is 0 Å². The third-order valence-corrected chi connectivity index (χ3v) is 3.44. The topological polar surface area (TPSA) is 83.4 Å². The molecule has 6 nitrogen and oxygen atoms in total. The Bertz CT molecular complexity index is 360. The fraction of sp³-hybridized carbons (Fsp3) is 0.846. The van der Waals surface area contributed by atoms with E-state index in [1.807, 2.05) is 6.92 Å². The molecule has 2 N–H and O–H groups in total. The summed E-state index contributed by atoms with van der Waals surface area (Å²) in [4.78, 5) is 4.44. The van der Waals surface area contributed by atoms with Crippen LogP contribution in [0.15, 0.2) is 4.52 Å². The van der Waals surface area contributed by atoms with Crippen molar-refractivity contribution >= 4 is 0 Å². The zero-order valence-electron chi connectivity index (χ0n) is 12.3. The minimum Gasteiger partial charge on any atom is -0.380 e. The summed E-state index contributed by atoms with van der Waals surface area (Å²) < 4.78 is 16.3. The van der Waals surface area contributed by atoms with Gasteiger partial charge >= 0.3 is 0 Å². The van der Waals surface area contributed by atoms with Crippen molar-refractivity contribution in [2.24, 2.45) is 5.73 Å². The van der Waals surface area contributed by atoms with E-state index in [0.29, 0.717) is 31.3 Å². The first-order chi connectivity index (χ1) is 9.15. The van der Waals surface area contributed by atoms with Crippen molar-refractivity contribution in [3.05, 3.63) is 11.7 Å². The van der Waals surface area contributed by atoms with Crippen LogP contribution in [0.2, 0.25) is 0 Å². The number of ether oxygens (including phenoxy) is 2. The lowest BCUT2D eigenvalue weighted by Crippen LogP contribution is -2.30. The van der Waals surface area contributed by atoms with Crippen LogP contribution in [-0.2, 0) is 21.5 Å². The lowest BCUT2D eigenvalue weighted by Gasteiger charge is -2.27. The molecule has 0 saturated carbocycles. The SMILES string of the molecule is CCOC(CC)(CC)c1noc(CC(CN)OC)n1. The van der Waals surface area contributed by atoms with E-state index < -0.39 is 5.60 Å². The van der Waals surface area contributed by atoms with Gasteiger partial charge in [0.2, 0.25) is 11.7 Å². The lowest BCUT2D eigenvalue weighted by molar-refractivity contribution is -0.0583. The molecule has 0 spiro atoms. The second kappa shape index (κ2) is 7.57. The second-order valence-corrected chi connectivity index (χ2v) is 4.44. The molecule has 0 amide bonds. The van der Waals surface area contributed by atoms with Gasteiger partial charge in [0.05, 0.1) is 12.5 Å². The Hall–Kier alpha value is -0.980. The van der Waals surface area contributed by atoms with E-state index in [4.69, 9.17) is 19.7 Å². The summed E-state index contributed by atoms with van der Waals surface area (Å²) in [6, 6.07) is 0. The highest BCUT2D eigenvalue weighted by molar-refractivity contribution is 5.01. The van der Waals surface area contributed by atoms with Crippen molar-refractivity contribution in [3.8, 4) is 0 Å². The standard InChI is InChI=1S/C13H25N3O3/c1-5-13(6-2,18-7-3)12-15-11(19-16-12)8-10(9-14)17-4/h10H,5-9,14H2,1-4H3. The normalized spacial score (nSPS) is 13.7. The maximum absolute atomic E-state index is 5.84. The number of aromatic nitrogens is 2. The molecule has 19 heavy (non-hydrogen) atoms. The highest BCUT2D eigenvalue weighted by atomic mass is 16.5. The minimum absolute atomic E-state index is 0.0990. The summed E-state index contributed by atoms with van der Waals surface area (Å²) in [6.07, 6.45) is 2.04. The van der Waals surface area contributed by atoms with E-state index in [0.717, 1.165) is 12.8 Å². The maximum Gasteiger partial charge on any atom is 0.229 e. The molecule has 0 aliphatic carbocycles. The third kappa shape index (κ3) is 3.75. The van der Waals surface area contributed by atoms with Crippen molar-refractivity contribution in [2.45, 2.75) is 51.7 Å². The highest BCUT2D eigenvalue weighted by Crippen LogP contribution is 2.30. The Labute approximate surface area is 114 Å². The van der Waals surface area contributed by atoms with Gasteiger partial charge in [0.25, 0.3) is 0 Å². The average Bonchev–Trinajstić information content (AvgIpc) is 2.91. The van der Waals surface area contributed by atoms with Crippen LogP contribution in [0.1, 0.15) is 45.3 Å². The van der Waals surface area contributed by atoms with Gasteiger partial charge in [-0.1, -0.05) is 19.0 Å². The molecule has 1 aromatic rings. The van der Waals surface area contributed by atoms with Crippen LogP contribution in [0.3, 0.4) is 0 Å². The molecule has 0 aliphatic rings. The molecular weight excluding hydrogens is 246 g/mol. The van der Waals surface area contributed by atoms with Gasteiger partial charge in [0.1, 0.15) is 5.60 Å². The van der Waals surface area contributed by atoms with Gasteiger partial charge < -0.3 is 19.7 Å². The summed E-state index contributed by atoms with van der Waals surface area (Å²) in [5, 5.41) is 4.06. The molecule has 0 radical (unpaired) electrons. The molecule has 1 rings (SSSR count). The van der Waals surface area contributed by atoms with Gasteiger partial charge in [0.15, 0.2) is 0 Å². The fourth-order valence-corrected chi connectivity index (χ4v) is 2.09. The molecule has 6 heteroatoms. The van der Waals surface area contributed by atoms with Crippen LogP contribution in [0.25, 0.3) is 0 Å². The molecular formula is C13H25N3O3. The Balaban J connectivity index is 2.86. The summed E-state index contributed by atoms with van der Waals surface area (Å²) in [5.74, 6) is 1.15. The van der Waals surface area contributed by atoms with Gasteiger partial charge in [-0.15, -0.1) is 0 Å². The molecule has 0 aromatic carbocycles. The Morgan fingerprint density at radius 1 is 1.32 bits per heavy atom. The number of nitrogens with zero attached hydrogens (tertiary/aromatic N) is 2. The average molecular weight is 271 g/mol. The summed E-state index contributed by atoms with van der Waals surface area (Å²) >= 11 is 0. The lowest BCUT2D eigenvalue weighted by atomic mass is 9.96. The minimum atomic E-state index is -0.457. The Kier molecular flexibility index (Phi) is 6.41. The number of methoxy groups -OCH3 is 1. The quantitative estimate of drug-likeness (QED) is 0.735. The number of hydrogen-bond donors (Lipinski definition) is 1. The second-order valence-electron chi connectivity index (χ2n) is 4.44. The summed E-state index contributed by atoms with van der Waals surface area (Å²) in [7, 11) is 1.62. The number of hydrogen-bond acceptors (Lipinski definition) is 6. The smallest absolute Gasteiger partial charge is 0.229 e. The third-order valence-electron chi connectivity index (χ3n) is 3.44. The van der Waals surface area contributed by atoms with Crippen molar-refractivity contribution in [1.29, 1.82) is 0 Å². The van der Waals surface area contributed by atoms with Crippen LogP contribution in [0.5, 0.6) is 0 Å². The monoisotopic (exact) mass is 271 g/mol. The fourth-order valence-electron chi connectivity index (χ4n) is 2.09. The van der Waals surface area contributed by atoms with E-state index in [1.54, 1.807) is 7.11 Å². The van der Waals surface area contributed by atoms with E-state index in [2.05, 4.69) is 24.0 Å². The Morgan fingerprint density at radius 3 is 2.47 bits per heavy atom. The van der Waals surface area contributed by atoms with Crippen molar-refractivity contribution < 1.29 is 14.0 Å². The van der Waals surface area contributed by atoms with Crippen molar-refractivity contribution in [3.63, 3.8) is 0 Å². The van der Waals surface area contributed by atoms with Crippen molar-refractivity contribution in [2.75, 3.05) is 20.3 Å². The van der Waals surface area contributed by atoms with Crippen LogP contribution in [0.4, 0.5) is 0 Å². The van der Waals surface area contributed by atoms with Gasteiger partial charge in [-0.3, -0.25) is 0 Å². The highest BCUT2D eigenvalue weighted by Gasteiger charge is 2.34. The molecule has 1 atom stereocenters. The summed E-state index contributed by atoms with van der Waals surface area (Å²) in [6.45, 7) is 7.14.